The van der Waals surface area contributed by atoms with Crippen LogP contribution in [0.2, 0.25) is 0 Å². The van der Waals surface area contributed by atoms with Crippen molar-refractivity contribution in [2.45, 2.75) is 19.4 Å². The zero-order chi connectivity index (χ0) is 12.5. The highest BCUT2D eigenvalue weighted by Gasteiger charge is 2.42. The lowest BCUT2D eigenvalue weighted by Gasteiger charge is -2.21. The molecule has 0 aliphatic carbocycles. The van der Waals surface area contributed by atoms with Crippen LogP contribution in [0.15, 0.2) is 29.3 Å². The molecule has 90 valence electrons. The molecule has 1 aliphatic rings. The summed E-state index contributed by atoms with van der Waals surface area (Å²) >= 11 is 0. The molecule has 1 aliphatic heterocycles. The highest BCUT2D eigenvalue weighted by Crippen LogP contribution is 2.35. The van der Waals surface area contributed by atoms with Gasteiger partial charge in [-0.3, -0.25) is 10.1 Å². The molecule has 2 rings (SSSR count). The smallest absolute Gasteiger partial charge is 0.259 e. The molecular weight excluding hydrogens is 218 g/mol. The highest BCUT2D eigenvalue weighted by atomic mass is 16.5. The maximum atomic E-state index is 11.9. The van der Waals surface area contributed by atoms with Crippen LogP contribution in [0.5, 0.6) is 5.75 Å². The van der Waals surface area contributed by atoms with Gasteiger partial charge in [0.25, 0.3) is 5.91 Å². The Kier molecular flexibility index (Phi) is 2.75. The minimum Gasteiger partial charge on any atom is -0.493 e. The van der Waals surface area contributed by atoms with Crippen LogP contribution >= 0.6 is 0 Å². The molecule has 0 saturated heterocycles. The third-order valence-electron chi connectivity index (χ3n) is 2.74. The molecule has 5 heteroatoms. The summed E-state index contributed by atoms with van der Waals surface area (Å²) in [7, 11) is 0. The lowest BCUT2D eigenvalue weighted by atomic mass is 9.92. The van der Waals surface area contributed by atoms with Crippen LogP contribution in [-0.4, -0.2) is 18.5 Å². The molecule has 5 nitrogen and oxygen atoms in total. The van der Waals surface area contributed by atoms with Gasteiger partial charge in [-0.2, -0.15) is 0 Å². The van der Waals surface area contributed by atoms with Crippen molar-refractivity contribution < 1.29 is 9.53 Å². The second-order valence-corrected chi connectivity index (χ2v) is 3.95. The second-order valence-electron chi connectivity index (χ2n) is 3.95. The lowest BCUT2D eigenvalue weighted by molar-refractivity contribution is -0.123. The average molecular weight is 233 g/mol. The first kappa shape index (κ1) is 11.4. The predicted molar refractivity (Wildman–Crippen MR) is 64.7 cm³/mol. The molecular formula is C12H15N3O2. The first-order valence-corrected chi connectivity index (χ1v) is 5.47. The van der Waals surface area contributed by atoms with Gasteiger partial charge in [-0.15, -0.1) is 0 Å². The first-order valence-electron chi connectivity index (χ1n) is 5.47. The fourth-order valence-corrected chi connectivity index (χ4v) is 1.89. The minimum absolute atomic E-state index is 0.142. The molecule has 0 aromatic heterocycles. The van der Waals surface area contributed by atoms with Crippen molar-refractivity contribution in [1.82, 2.24) is 5.32 Å². The Labute approximate surface area is 99.7 Å². The van der Waals surface area contributed by atoms with Gasteiger partial charge in [-0.25, -0.2) is 4.99 Å². The molecule has 1 heterocycles. The number of carbonyl (C=O) groups is 1. The number of hydrogen-bond acceptors (Lipinski definition) is 4. The molecule has 1 aromatic rings. The number of amides is 1. The topological polar surface area (TPSA) is 76.7 Å². The van der Waals surface area contributed by atoms with E-state index in [1.807, 2.05) is 31.2 Å². The quantitative estimate of drug-likeness (QED) is 0.808. The fraction of sp³-hybridized carbons (Fsp3) is 0.333. The van der Waals surface area contributed by atoms with Crippen molar-refractivity contribution in [1.29, 1.82) is 0 Å². The van der Waals surface area contributed by atoms with E-state index in [4.69, 9.17) is 10.5 Å². The summed E-state index contributed by atoms with van der Waals surface area (Å²) in [5.74, 6) is 0.567. The van der Waals surface area contributed by atoms with E-state index in [1.165, 1.54) is 0 Å². The van der Waals surface area contributed by atoms with E-state index in [-0.39, 0.29) is 11.9 Å². The van der Waals surface area contributed by atoms with Crippen molar-refractivity contribution in [2.75, 3.05) is 6.61 Å². The number of nitrogens with zero attached hydrogens (tertiary/aromatic N) is 1. The van der Waals surface area contributed by atoms with Crippen molar-refractivity contribution in [3.63, 3.8) is 0 Å². The highest BCUT2D eigenvalue weighted by molar-refractivity contribution is 6.07. The Morgan fingerprint density at radius 3 is 2.76 bits per heavy atom. The standard InChI is InChI=1S/C12H15N3O2/c1-3-17-9-7-5-4-6-8(9)12(2)10(16)14-11(13)15-12/h4-7H,3H2,1-2H3,(H3,13,14,15,16). The SMILES string of the molecule is CCOc1ccccc1C1(C)N=C(N)NC1=O. The van der Waals surface area contributed by atoms with Crippen LogP contribution in [0.1, 0.15) is 19.4 Å². The molecule has 0 radical (unpaired) electrons. The van der Waals surface area contributed by atoms with E-state index >= 15 is 0 Å². The number of nitrogens with two attached hydrogens (primary N) is 1. The maximum Gasteiger partial charge on any atom is 0.259 e. The molecule has 0 bridgehead atoms. The van der Waals surface area contributed by atoms with Gasteiger partial charge in [0, 0.05) is 5.56 Å². The summed E-state index contributed by atoms with van der Waals surface area (Å²) in [6, 6.07) is 7.35. The van der Waals surface area contributed by atoms with E-state index in [1.54, 1.807) is 6.92 Å². The molecule has 1 amide bonds. The molecule has 0 spiro atoms. The van der Waals surface area contributed by atoms with Gasteiger partial charge >= 0.3 is 0 Å². The van der Waals surface area contributed by atoms with E-state index < -0.39 is 5.54 Å². The number of hydrogen-bond donors (Lipinski definition) is 2. The minimum atomic E-state index is -1.00. The molecule has 1 atom stereocenters. The largest absolute Gasteiger partial charge is 0.493 e. The van der Waals surface area contributed by atoms with Gasteiger partial charge in [0.15, 0.2) is 11.5 Å². The molecule has 0 saturated carbocycles. The summed E-state index contributed by atoms with van der Waals surface area (Å²) in [6.07, 6.45) is 0. The average Bonchev–Trinajstić information content (AvgIpc) is 2.55. The number of carbonyl (C=O) groups excluding carboxylic acids is 1. The Morgan fingerprint density at radius 2 is 2.18 bits per heavy atom. The summed E-state index contributed by atoms with van der Waals surface area (Å²) in [6.45, 7) is 4.15. The van der Waals surface area contributed by atoms with E-state index in [2.05, 4.69) is 10.3 Å². The Balaban J connectivity index is 2.50. The number of benzene rings is 1. The second kappa shape index (κ2) is 4.08. The maximum absolute atomic E-state index is 11.9. The van der Waals surface area contributed by atoms with E-state index in [0.717, 1.165) is 5.56 Å². The number of aliphatic imine (C=N–C) groups is 1. The molecule has 17 heavy (non-hydrogen) atoms. The van der Waals surface area contributed by atoms with Crippen molar-refractivity contribution in [3.05, 3.63) is 29.8 Å². The van der Waals surface area contributed by atoms with Crippen LogP contribution < -0.4 is 15.8 Å². The molecule has 1 unspecified atom stereocenters. The third-order valence-corrected chi connectivity index (χ3v) is 2.74. The normalized spacial score (nSPS) is 23.2. The Hall–Kier alpha value is -2.04. The third kappa shape index (κ3) is 1.84. The Bertz CT molecular complexity index is 484. The van der Waals surface area contributed by atoms with Gasteiger partial charge in [-0.05, 0) is 19.9 Å². The van der Waals surface area contributed by atoms with E-state index in [9.17, 15) is 4.79 Å². The fourth-order valence-electron chi connectivity index (χ4n) is 1.89. The van der Waals surface area contributed by atoms with Crippen molar-refractivity contribution in [2.24, 2.45) is 10.7 Å². The number of nitrogens with one attached hydrogen (secondary N) is 1. The van der Waals surface area contributed by atoms with Crippen LogP contribution in [0.25, 0.3) is 0 Å². The number of guanidine groups is 1. The van der Waals surface area contributed by atoms with Crippen molar-refractivity contribution >= 4 is 11.9 Å². The molecule has 1 aromatic carbocycles. The van der Waals surface area contributed by atoms with E-state index in [0.29, 0.717) is 12.4 Å². The number of ether oxygens (including phenoxy) is 1. The lowest BCUT2D eigenvalue weighted by Crippen LogP contribution is -2.37. The number of para-hydroxylation sites is 1. The Morgan fingerprint density at radius 1 is 1.47 bits per heavy atom. The van der Waals surface area contributed by atoms with Gasteiger partial charge in [-0.1, -0.05) is 18.2 Å². The molecule has 3 N–H and O–H groups in total. The van der Waals surface area contributed by atoms with Crippen LogP contribution in [0, 0.1) is 0 Å². The van der Waals surface area contributed by atoms with Crippen LogP contribution in [0.3, 0.4) is 0 Å². The zero-order valence-electron chi connectivity index (χ0n) is 9.86. The van der Waals surface area contributed by atoms with Crippen LogP contribution in [0.4, 0.5) is 0 Å². The van der Waals surface area contributed by atoms with Gasteiger partial charge in [0.2, 0.25) is 0 Å². The summed E-state index contributed by atoms with van der Waals surface area (Å²) in [4.78, 5) is 16.1. The number of rotatable bonds is 3. The van der Waals surface area contributed by atoms with Gasteiger partial charge in [0.1, 0.15) is 5.75 Å². The predicted octanol–water partition coefficient (Wildman–Crippen LogP) is 0.745. The zero-order valence-corrected chi connectivity index (χ0v) is 9.86. The summed E-state index contributed by atoms with van der Waals surface area (Å²) in [5, 5.41) is 2.51. The van der Waals surface area contributed by atoms with Crippen molar-refractivity contribution in [3.8, 4) is 5.75 Å². The first-order chi connectivity index (χ1) is 8.08. The monoisotopic (exact) mass is 233 g/mol. The van der Waals surface area contributed by atoms with Crippen LogP contribution in [-0.2, 0) is 10.3 Å². The van der Waals surface area contributed by atoms with Gasteiger partial charge < -0.3 is 10.5 Å². The summed E-state index contributed by atoms with van der Waals surface area (Å²) < 4.78 is 5.51. The van der Waals surface area contributed by atoms with Gasteiger partial charge in [0.05, 0.1) is 6.61 Å². The molecule has 0 fully saturated rings. The summed E-state index contributed by atoms with van der Waals surface area (Å²) in [5.41, 5.74) is 5.26.